The number of hydrogen-bond acceptors (Lipinski definition) is 7. The van der Waals surface area contributed by atoms with Gasteiger partial charge in [0.05, 0.1) is 23.6 Å². The van der Waals surface area contributed by atoms with Crippen molar-refractivity contribution in [3.63, 3.8) is 0 Å². The summed E-state index contributed by atoms with van der Waals surface area (Å²) < 4.78 is 13.0. The van der Waals surface area contributed by atoms with Crippen LogP contribution in [0.4, 0.5) is 0 Å². The van der Waals surface area contributed by atoms with E-state index in [1.165, 1.54) is 11.8 Å². The predicted octanol–water partition coefficient (Wildman–Crippen LogP) is 2.92. The Hall–Kier alpha value is -2.91. The molecule has 8 nitrogen and oxygen atoms in total. The molecule has 148 valence electrons. The fourth-order valence-corrected chi connectivity index (χ4v) is 4.20. The molecule has 1 aromatic carbocycles. The SMILES string of the molecule is O=C(CSc1nnc2c3ccccc3nc(-c3ccco3)n12)NC[C@H]1CCCO1. The Balaban J connectivity index is 1.43. The molecule has 29 heavy (non-hydrogen) atoms. The molecule has 9 heteroatoms. The van der Waals surface area contributed by atoms with E-state index in [1.807, 2.05) is 40.8 Å². The lowest BCUT2D eigenvalue weighted by molar-refractivity contribution is -0.119. The summed E-state index contributed by atoms with van der Waals surface area (Å²) in [6.45, 7) is 1.32. The lowest BCUT2D eigenvalue weighted by Gasteiger charge is -2.10. The number of rotatable bonds is 6. The highest BCUT2D eigenvalue weighted by molar-refractivity contribution is 7.99. The van der Waals surface area contributed by atoms with Crippen molar-refractivity contribution in [1.29, 1.82) is 0 Å². The van der Waals surface area contributed by atoms with Crippen LogP contribution in [0.5, 0.6) is 0 Å². The molecule has 1 saturated heterocycles. The molecule has 0 saturated carbocycles. The average molecular weight is 409 g/mol. The second-order valence-corrected chi connectivity index (χ2v) is 7.74. The van der Waals surface area contributed by atoms with Gasteiger partial charge in [-0.1, -0.05) is 23.9 Å². The molecule has 4 heterocycles. The quantitative estimate of drug-likeness (QED) is 0.489. The second-order valence-electron chi connectivity index (χ2n) is 6.80. The van der Waals surface area contributed by atoms with Crippen molar-refractivity contribution >= 4 is 34.2 Å². The maximum Gasteiger partial charge on any atom is 0.230 e. The first-order valence-corrected chi connectivity index (χ1v) is 10.5. The van der Waals surface area contributed by atoms with E-state index in [9.17, 15) is 4.79 Å². The van der Waals surface area contributed by atoms with E-state index in [0.717, 1.165) is 30.4 Å². The summed E-state index contributed by atoms with van der Waals surface area (Å²) in [7, 11) is 0. The number of nitrogens with one attached hydrogen (secondary N) is 1. The average Bonchev–Trinajstić information content (AvgIpc) is 3.52. The molecule has 1 aliphatic rings. The highest BCUT2D eigenvalue weighted by Gasteiger charge is 2.20. The molecular weight excluding hydrogens is 390 g/mol. The van der Waals surface area contributed by atoms with E-state index in [-0.39, 0.29) is 17.8 Å². The molecule has 3 aromatic heterocycles. The number of carbonyl (C=O) groups is 1. The van der Waals surface area contributed by atoms with Gasteiger partial charge in [-0.3, -0.25) is 9.20 Å². The molecule has 1 fully saturated rings. The Kier molecular flexibility index (Phi) is 4.91. The van der Waals surface area contributed by atoms with Crippen LogP contribution in [-0.2, 0) is 9.53 Å². The van der Waals surface area contributed by atoms with Crippen molar-refractivity contribution in [3.8, 4) is 11.6 Å². The van der Waals surface area contributed by atoms with Crippen LogP contribution in [0.15, 0.2) is 52.2 Å². The van der Waals surface area contributed by atoms with Crippen LogP contribution in [0.25, 0.3) is 28.1 Å². The topological polar surface area (TPSA) is 94.5 Å². The molecule has 0 spiro atoms. The molecule has 0 bridgehead atoms. The molecule has 1 N–H and O–H groups in total. The zero-order chi connectivity index (χ0) is 19.6. The summed E-state index contributed by atoms with van der Waals surface area (Å²) in [6.07, 6.45) is 3.78. The van der Waals surface area contributed by atoms with Gasteiger partial charge in [0.15, 0.2) is 22.4 Å². The standard InChI is InChI=1S/C20H19N5O3S/c26-17(21-11-13-5-3-9-27-13)12-29-20-24-23-18-14-6-1-2-7-15(14)22-19(25(18)20)16-8-4-10-28-16/h1-2,4,6-8,10,13H,3,5,9,11-12H2,(H,21,26)/t13-/m1/s1. The van der Waals surface area contributed by atoms with Crippen LogP contribution in [-0.4, -0.2) is 50.5 Å². The normalized spacial score (nSPS) is 16.6. The summed E-state index contributed by atoms with van der Waals surface area (Å²) in [5.74, 6) is 1.40. The lowest BCUT2D eigenvalue weighted by atomic mass is 10.2. The highest BCUT2D eigenvalue weighted by Crippen LogP contribution is 2.29. The molecule has 0 aliphatic carbocycles. The van der Waals surface area contributed by atoms with Crippen LogP contribution in [0.3, 0.4) is 0 Å². The third kappa shape index (κ3) is 3.58. The first-order chi connectivity index (χ1) is 14.3. The molecule has 1 amide bonds. The summed E-state index contributed by atoms with van der Waals surface area (Å²) in [4.78, 5) is 17.0. The molecule has 0 radical (unpaired) electrons. The molecule has 0 unspecified atom stereocenters. The number of benzene rings is 1. The van der Waals surface area contributed by atoms with Crippen LogP contribution < -0.4 is 5.32 Å². The minimum absolute atomic E-state index is 0.0597. The van der Waals surface area contributed by atoms with Gasteiger partial charge >= 0.3 is 0 Å². The van der Waals surface area contributed by atoms with Gasteiger partial charge in [0.25, 0.3) is 0 Å². The van der Waals surface area contributed by atoms with Gasteiger partial charge in [0.1, 0.15) is 0 Å². The van der Waals surface area contributed by atoms with Gasteiger partial charge in [-0.2, -0.15) is 0 Å². The van der Waals surface area contributed by atoms with Crippen LogP contribution in [0.2, 0.25) is 0 Å². The smallest absolute Gasteiger partial charge is 0.230 e. The number of amides is 1. The molecule has 4 aromatic rings. The van der Waals surface area contributed by atoms with E-state index < -0.39 is 0 Å². The predicted molar refractivity (Wildman–Crippen MR) is 109 cm³/mol. The number of hydrogen-bond donors (Lipinski definition) is 1. The van der Waals surface area contributed by atoms with Gasteiger partial charge in [0.2, 0.25) is 5.91 Å². The van der Waals surface area contributed by atoms with E-state index in [4.69, 9.17) is 14.1 Å². The number of ether oxygens (including phenoxy) is 1. The van der Waals surface area contributed by atoms with Gasteiger partial charge in [-0.25, -0.2) is 4.98 Å². The summed E-state index contributed by atoms with van der Waals surface area (Å²) in [5, 5.41) is 13.1. The lowest BCUT2D eigenvalue weighted by Crippen LogP contribution is -2.32. The molecule has 5 rings (SSSR count). The first kappa shape index (κ1) is 18.1. The van der Waals surface area contributed by atoms with Gasteiger partial charge in [-0.15, -0.1) is 10.2 Å². The zero-order valence-electron chi connectivity index (χ0n) is 15.6. The monoisotopic (exact) mass is 409 g/mol. The summed E-state index contributed by atoms with van der Waals surface area (Å²) in [5.41, 5.74) is 1.49. The third-order valence-electron chi connectivity index (χ3n) is 4.84. The van der Waals surface area contributed by atoms with Crippen LogP contribution in [0, 0.1) is 0 Å². The Morgan fingerprint density at radius 1 is 1.24 bits per heavy atom. The number of furan rings is 1. The van der Waals surface area contributed by atoms with Crippen molar-refractivity contribution in [2.45, 2.75) is 24.1 Å². The maximum absolute atomic E-state index is 12.3. The Morgan fingerprint density at radius 2 is 2.17 bits per heavy atom. The fraction of sp³-hybridized carbons (Fsp3) is 0.300. The van der Waals surface area contributed by atoms with E-state index >= 15 is 0 Å². The van der Waals surface area contributed by atoms with E-state index in [1.54, 1.807) is 6.26 Å². The fourth-order valence-electron chi connectivity index (χ4n) is 3.44. The van der Waals surface area contributed by atoms with Crippen LogP contribution >= 0.6 is 11.8 Å². The minimum atomic E-state index is -0.0597. The van der Waals surface area contributed by atoms with Crippen molar-refractivity contribution in [3.05, 3.63) is 42.7 Å². The third-order valence-corrected chi connectivity index (χ3v) is 5.77. The number of thioether (sulfide) groups is 1. The number of nitrogens with zero attached hydrogens (tertiary/aromatic N) is 4. The molecular formula is C20H19N5O3S. The van der Waals surface area contributed by atoms with E-state index in [0.29, 0.717) is 28.9 Å². The van der Waals surface area contributed by atoms with Crippen LogP contribution in [0.1, 0.15) is 12.8 Å². The number of para-hydroxylation sites is 1. The van der Waals surface area contributed by atoms with Crippen molar-refractivity contribution < 1.29 is 13.9 Å². The van der Waals surface area contributed by atoms with E-state index in [2.05, 4.69) is 15.5 Å². The largest absolute Gasteiger partial charge is 0.461 e. The number of carbonyl (C=O) groups excluding carboxylic acids is 1. The summed E-state index contributed by atoms with van der Waals surface area (Å²) >= 11 is 1.32. The molecule has 1 atom stereocenters. The van der Waals surface area contributed by atoms with Crippen molar-refractivity contribution in [2.75, 3.05) is 18.9 Å². The Bertz CT molecular complexity index is 1150. The Morgan fingerprint density at radius 3 is 3.00 bits per heavy atom. The Labute approximate surface area is 170 Å². The zero-order valence-corrected chi connectivity index (χ0v) is 16.4. The number of aromatic nitrogens is 4. The second kappa shape index (κ2) is 7.84. The van der Waals surface area contributed by atoms with Gasteiger partial charge in [0, 0.05) is 18.5 Å². The van der Waals surface area contributed by atoms with Crippen molar-refractivity contribution in [2.24, 2.45) is 0 Å². The minimum Gasteiger partial charge on any atom is -0.461 e. The van der Waals surface area contributed by atoms with Gasteiger partial charge in [-0.05, 0) is 37.1 Å². The van der Waals surface area contributed by atoms with Crippen molar-refractivity contribution in [1.82, 2.24) is 24.9 Å². The first-order valence-electron chi connectivity index (χ1n) is 9.48. The highest BCUT2D eigenvalue weighted by atomic mass is 32.2. The maximum atomic E-state index is 12.3. The molecule has 1 aliphatic heterocycles. The summed E-state index contributed by atoms with van der Waals surface area (Å²) in [6, 6.07) is 11.4. The number of fused-ring (bicyclic) bond motifs is 3. The van der Waals surface area contributed by atoms with Gasteiger partial charge < -0.3 is 14.5 Å².